The molecular formula is C14H25NOS. The first-order valence-electron chi connectivity index (χ1n) is 6.53. The standard InChI is InChI=1S/C14H25NOS/c1-4-8-15-14(10-12(2)16-3)6-5-13-7-9-17-11-13/h7,9,11-12,14-15H,4-6,8,10H2,1-3H3. The summed E-state index contributed by atoms with van der Waals surface area (Å²) in [7, 11) is 1.79. The van der Waals surface area contributed by atoms with Gasteiger partial charge in [-0.3, -0.25) is 0 Å². The van der Waals surface area contributed by atoms with Crippen LogP contribution in [-0.4, -0.2) is 25.8 Å². The number of ether oxygens (including phenoxy) is 1. The molecule has 1 aromatic rings. The molecule has 1 rings (SSSR count). The molecule has 1 heterocycles. The molecule has 0 bridgehead atoms. The molecule has 0 amide bonds. The molecule has 0 aliphatic rings. The Morgan fingerprint density at radius 3 is 2.88 bits per heavy atom. The van der Waals surface area contributed by atoms with Crippen LogP contribution in [0.3, 0.4) is 0 Å². The van der Waals surface area contributed by atoms with E-state index in [4.69, 9.17) is 4.74 Å². The largest absolute Gasteiger partial charge is 0.382 e. The van der Waals surface area contributed by atoms with Gasteiger partial charge in [-0.15, -0.1) is 0 Å². The molecule has 2 atom stereocenters. The normalized spacial score (nSPS) is 14.8. The number of hydrogen-bond acceptors (Lipinski definition) is 3. The summed E-state index contributed by atoms with van der Waals surface area (Å²) >= 11 is 1.78. The van der Waals surface area contributed by atoms with Crippen molar-refractivity contribution in [1.29, 1.82) is 0 Å². The maximum absolute atomic E-state index is 5.36. The third kappa shape index (κ3) is 6.20. The third-order valence-corrected chi connectivity index (χ3v) is 3.80. The lowest BCUT2D eigenvalue weighted by atomic mass is 10.0. The lowest BCUT2D eigenvalue weighted by Gasteiger charge is -2.21. The minimum Gasteiger partial charge on any atom is -0.382 e. The molecule has 17 heavy (non-hydrogen) atoms. The molecule has 0 aromatic carbocycles. The summed E-state index contributed by atoms with van der Waals surface area (Å²) in [4.78, 5) is 0. The first kappa shape index (κ1) is 14.7. The number of aryl methyl sites for hydroxylation is 1. The van der Waals surface area contributed by atoms with Crippen molar-refractivity contribution in [2.75, 3.05) is 13.7 Å². The zero-order valence-corrected chi connectivity index (χ0v) is 12.1. The summed E-state index contributed by atoms with van der Waals surface area (Å²) in [6.07, 6.45) is 5.00. The predicted octanol–water partition coefficient (Wildman–Crippen LogP) is 3.47. The first-order chi connectivity index (χ1) is 8.26. The smallest absolute Gasteiger partial charge is 0.0558 e. The van der Waals surface area contributed by atoms with Crippen molar-refractivity contribution >= 4 is 11.3 Å². The van der Waals surface area contributed by atoms with Crippen molar-refractivity contribution in [3.05, 3.63) is 22.4 Å². The van der Waals surface area contributed by atoms with E-state index in [9.17, 15) is 0 Å². The summed E-state index contributed by atoms with van der Waals surface area (Å²) in [5, 5.41) is 8.02. The number of nitrogens with one attached hydrogen (secondary N) is 1. The van der Waals surface area contributed by atoms with E-state index >= 15 is 0 Å². The summed E-state index contributed by atoms with van der Waals surface area (Å²) in [6.45, 7) is 5.46. The number of rotatable bonds is 9. The van der Waals surface area contributed by atoms with Crippen LogP contribution in [0.15, 0.2) is 16.8 Å². The van der Waals surface area contributed by atoms with Crippen LogP contribution in [0.25, 0.3) is 0 Å². The lowest BCUT2D eigenvalue weighted by Crippen LogP contribution is -2.33. The second-order valence-electron chi connectivity index (χ2n) is 4.60. The van der Waals surface area contributed by atoms with E-state index in [0.717, 1.165) is 13.0 Å². The molecule has 98 valence electrons. The lowest BCUT2D eigenvalue weighted by molar-refractivity contribution is 0.0993. The maximum atomic E-state index is 5.36. The molecule has 0 aliphatic carbocycles. The average Bonchev–Trinajstić information content (AvgIpc) is 2.85. The molecule has 3 heteroatoms. The van der Waals surface area contributed by atoms with Crippen molar-refractivity contribution < 1.29 is 4.74 Å². The van der Waals surface area contributed by atoms with Gasteiger partial charge in [-0.1, -0.05) is 6.92 Å². The van der Waals surface area contributed by atoms with Crippen molar-refractivity contribution in [3.63, 3.8) is 0 Å². The van der Waals surface area contributed by atoms with Gasteiger partial charge in [0.2, 0.25) is 0 Å². The van der Waals surface area contributed by atoms with Crippen molar-refractivity contribution in [2.24, 2.45) is 0 Å². The fourth-order valence-electron chi connectivity index (χ4n) is 1.92. The van der Waals surface area contributed by atoms with Crippen LogP contribution in [0, 0.1) is 0 Å². The average molecular weight is 255 g/mol. The molecule has 1 N–H and O–H groups in total. The Morgan fingerprint density at radius 1 is 1.47 bits per heavy atom. The van der Waals surface area contributed by atoms with Gasteiger partial charge in [0.15, 0.2) is 0 Å². The van der Waals surface area contributed by atoms with Gasteiger partial charge >= 0.3 is 0 Å². The molecule has 2 nitrogen and oxygen atoms in total. The Morgan fingerprint density at radius 2 is 2.29 bits per heavy atom. The van der Waals surface area contributed by atoms with Gasteiger partial charge < -0.3 is 10.1 Å². The molecule has 0 saturated carbocycles. The van der Waals surface area contributed by atoms with Crippen molar-refractivity contribution in [3.8, 4) is 0 Å². The minimum atomic E-state index is 0.340. The molecule has 0 aliphatic heterocycles. The third-order valence-electron chi connectivity index (χ3n) is 3.06. The van der Waals surface area contributed by atoms with Gasteiger partial charge in [0.25, 0.3) is 0 Å². The van der Waals surface area contributed by atoms with Crippen LogP contribution in [0.1, 0.15) is 38.7 Å². The highest BCUT2D eigenvalue weighted by Crippen LogP contribution is 2.13. The summed E-state index contributed by atoms with van der Waals surface area (Å²) < 4.78 is 5.36. The quantitative estimate of drug-likeness (QED) is 0.729. The van der Waals surface area contributed by atoms with E-state index in [1.165, 1.54) is 24.8 Å². The molecule has 0 spiro atoms. The fourth-order valence-corrected chi connectivity index (χ4v) is 2.63. The van der Waals surface area contributed by atoms with Crippen LogP contribution < -0.4 is 5.32 Å². The second kappa shape index (κ2) is 8.67. The number of hydrogen-bond donors (Lipinski definition) is 1. The van der Waals surface area contributed by atoms with Gasteiger partial charge in [-0.05, 0) is 61.5 Å². The molecule has 2 unspecified atom stereocenters. The Labute approximate surface area is 109 Å². The first-order valence-corrected chi connectivity index (χ1v) is 7.47. The fraction of sp³-hybridized carbons (Fsp3) is 0.714. The van der Waals surface area contributed by atoms with E-state index < -0.39 is 0 Å². The van der Waals surface area contributed by atoms with Crippen LogP contribution in [-0.2, 0) is 11.2 Å². The molecule has 0 radical (unpaired) electrons. The SMILES string of the molecule is CCCNC(CCc1ccsc1)CC(C)OC. The molecule has 0 fully saturated rings. The zero-order valence-electron chi connectivity index (χ0n) is 11.2. The monoisotopic (exact) mass is 255 g/mol. The van der Waals surface area contributed by atoms with Gasteiger partial charge in [-0.2, -0.15) is 11.3 Å². The molecule has 1 aromatic heterocycles. The Balaban J connectivity index is 2.33. The molecule has 0 saturated heterocycles. The van der Waals surface area contributed by atoms with Crippen LogP contribution in [0.2, 0.25) is 0 Å². The van der Waals surface area contributed by atoms with Crippen molar-refractivity contribution in [1.82, 2.24) is 5.32 Å². The van der Waals surface area contributed by atoms with Gasteiger partial charge in [0.1, 0.15) is 0 Å². The van der Waals surface area contributed by atoms with Gasteiger partial charge in [-0.25, -0.2) is 0 Å². The second-order valence-corrected chi connectivity index (χ2v) is 5.38. The van der Waals surface area contributed by atoms with E-state index in [0.29, 0.717) is 12.1 Å². The molecular weight excluding hydrogens is 230 g/mol. The van der Waals surface area contributed by atoms with Gasteiger partial charge in [0.05, 0.1) is 6.10 Å². The topological polar surface area (TPSA) is 21.3 Å². The zero-order chi connectivity index (χ0) is 12.5. The summed E-state index contributed by atoms with van der Waals surface area (Å²) in [6, 6.07) is 2.80. The van der Waals surface area contributed by atoms with Crippen LogP contribution in [0.5, 0.6) is 0 Å². The maximum Gasteiger partial charge on any atom is 0.0558 e. The predicted molar refractivity (Wildman–Crippen MR) is 75.8 cm³/mol. The highest BCUT2D eigenvalue weighted by molar-refractivity contribution is 7.07. The minimum absolute atomic E-state index is 0.340. The van der Waals surface area contributed by atoms with Crippen molar-refractivity contribution in [2.45, 2.75) is 51.7 Å². The van der Waals surface area contributed by atoms with Crippen LogP contribution >= 0.6 is 11.3 Å². The van der Waals surface area contributed by atoms with Crippen LogP contribution in [0.4, 0.5) is 0 Å². The Kier molecular flexibility index (Phi) is 7.49. The Bertz CT molecular complexity index is 274. The number of methoxy groups -OCH3 is 1. The number of thiophene rings is 1. The van der Waals surface area contributed by atoms with E-state index in [-0.39, 0.29) is 0 Å². The summed E-state index contributed by atoms with van der Waals surface area (Å²) in [5.41, 5.74) is 1.46. The Hall–Kier alpha value is -0.380. The highest BCUT2D eigenvalue weighted by atomic mass is 32.1. The summed E-state index contributed by atoms with van der Waals surface area (Å²) in [5.74, 6) is 0. The van der Waals surface area contributed by atoms with E-state index in [1.807, 2.05) is 0 Å². The highest BCUT2D eigenvalue weighted by Gasteiger charge is 2.12. The van der Waals surface area contributed by atoms with E-state index in [2.05, 4.69) is 36.0 Å². The van der Waals surface area contributed by atoms with E-state index in [1.54, 1.807) is 18.4 Å². The van der Waals surface area contributed by atoms with Gasteiger partial charge in [0, 0.05) is 13.2 Å².